The molecule has 0 spiro atoms. The smallest absolute Gasteiger partial charge is 0.231 e. The Hall–Kier alpha value is -2.58. The molecule has 0 amide bonds. The molecule has 0 atom stereocenters. The number of nitrogens with one attached hydrogen (secondary N) is 1. The number of thioether (sulfide) groups is 1. The maximum absolute atomic E-state index is 5.42. The molecule has 5 rings (SSSR count). The number of amidine groups is 1. The number of hydrazone groups is 1. The molecule has 0 aliphatic carbocycles. The summed E-state index contributed by atoms with van der Waals surface area (Å²) in [5.41, 5.74) is 6.07. The quantitative estimate of drug-likeness (QED) is 0.845. The van der Waals surface area contributed by atoms with Crippen LogP contribution in [0.4, 0.5) is 0 Å². The lowest BCUT2D eigenvalue weighted by atomic mass is 10.1. The molecule has 140 valence electrons. The van der Waals surface area contributed by atoms with Crippen LogP contribution >= 0.6 is 24.2 Å². The fourth-order valence-electron chi connectivity index (χ4n) is 2.82. The summed E-state index contributed by atoms with van der Waals surface area (Å²) >= 11 is 1.62. The minimum atomic E-state index is 0. The number of aliphatic imine (C=N–C) groups is 1. The van der Waals surface area contributed by atoms with Crippen molar-refractivity contribution in [3.8, 4) is 23.0 Å². The molecule has 0 saturated carbocycles. The van der Waals surface area contributed by atoms with E-state index in [1.807, 2.05) is 36.4 Å². The van der Waals surface area contributed by atoms with Gasteiger partial charge < -0.3 is 18.9 Å². The summed E-state index contributed by atoms with van der Waals surface area (Å²) in [4.78, 5) is 4.59. The summed E-state index contributed by atoms with van der Waals surface area (Å²) < 4.78 is 21.5. The minimum absolute atomic E-state index is 0. The lowest BCUT2D eigenvalue weighted by Crippen LogP contribution is -2.25. The first-order valence-corrected chi connectivity index (χ1v) is 9.12. The number of halogens is 1. The molecular formula is C18H16ClN3O4S. The molecule has 2 aromatic carbocycles. The van der Waals surface area contributed by atoms with Gasteiger partial charge in [0.05, 0.1) is 12.3 Å². The molecule has 0 fully saturated rings. The topological polar surface area (TPSA) is 73.7 Å². The second-order valence-corrected chi connectivity index (χ2v) is 6.80. The van der Waals surface area contributed by atoms with Crippen LogP contribution in [0.5, 0.6) is 23.0 Å². The van der Waals surface area contributed by atoms with Crippen LogP contribution in [0.3, 0.4) is 0 Å². The van der Waals surface area contributed by atoms with Crippen molar-refractivity contribution in [2.45, 2.75) is 6.54 Å². The van der Waals surface area contributed by atoms with E-state index < -0.39 is 0 Å². The number of nitrogens with zero attached hydrogens (tertiary/aromatic N) is 2. The van der Waals surface area contributed by atoms with Gasteiger partial charge in [-0.25, -0.2) is 0 Å². The van der Waals surface area contributed by atoms with Gasteiger partial charge in [0, 0.05) is 11.3 Å². The molecule has 3 aliphatic rings. The zero-order valence-corrected chi connectivity index (χ0v) is 15.8. The van der Waals surface area contributed by atoms with Crippen molar-refractivity contribution in [1.29, 1.82) is 0 Å². The molecule has 3 aliphatic heterocycles. The van der Waals surface area contributed by atoms with Gasteiger partial charge in [-0.2, -0.15) is 5.10 Å². The van der Waals surface area contributed by atoms with Gasteiger partial charge in [-0.1, -0.05) is 17.8 Å². The van der Waals surface area contributed by atoms with Crippen LogP contribution in [0.15, 0.2) is 46.5 Å². The van der Waals surface area contributed by atoms with E-state index in [1.54, 1.807) is 11.8 Å². The van der Waals surface area contributed by atoms with Gasteiger partial charge in [0.1, 0.15) is 0 Å². The second-order valence-electron chi connectivity index (χ2n) is 5.84. The summed E-state index contributed by atoms with van der Waals surface area (Å²) in [6.07, 6.45) is 0. The highest BCUT2D eigenvalue weighted by molar-refractivity contribution is 8.14. The number of rotatable bonds is 3. The first-order valence-electron chi connectivity index (χ1n) is 8.13. The van der Waals surface area contributed by atoms with Crippen molar-refractivity contribution >= 4 is 35.0 Å². The Morgan fingerprint density at radius 3 is 2.37 bits per heavy atom. The average molecular weight is 406 g/mol. The number of hydrogen-bond donors (Lipinski definition) is 1. The Morgan fingerprint density at radius 1 is 0.926 bits per heavy atom. The van der Waals surface area contributed by atoms with Crippen LogP contribution in [-0.2, 0) is 6.54 Å². The lowest BCUT2D eigenvalue weighted by Gasteiger charge is -2.15. The molecule has 3 heterocycles. The monoisotopic (exact) mass is 405 g/mol. The summed E-state index contributed by atoms with van der Waals surface area (Å²) in [6.45, 7) is 1.11. The highest BCUT2D eigenvalue weighted by Crippen LogP contribution is 2.34. The zero-order chi connectivity index (χ0) is 17.3. The fourth-order valence-corrected chi connectivity index (χ4v) is 3.59. The molecule has 0 radical (unpaired) electrons. The third kappa shape index (κ3) is 3.63. The summed E-state index contributed by atoms with van der Waals surface area (Å²) in [5, 5.41) is 5.25. The van der Waals surface area contributed by atoms with E-state index in [0.717, 1.165) is 50.8 Å². The van der Waals surface area contributed by atoms with Gasteiger partial charge in [0.15, 0.2) is 28.2 Å². The van der Waals surface area contributed by atoms with E-state index in [9.17, 15) is 0 Å². The average Bonchev–Trinajstić information content (AvgIpc) is 3.34. The maximum atomic E-state index is 5.42. The molecule has 27 heavy (non-hydrogen) atoms. The van der Waals surface area contributed by atoms with Gasteiger partial charge in [0.25, 0.3) is 0 Å². The maximum Gasteiger partial charge on any atom is 0.231 e. The minimum Gasteiger partial charge on any atom is -0.454 e. The van der Waals surface area contributed by atoms with Crippen molar-refractivity contribution in [3.05, 3.63) is 47.5 Å². The summed E-state index contributed by atoms with van der Waals surface area (Å²) in [6, 6.07) is 11.7. The highest BCUT2D eigenvalue weighted by Gasteiger charge is 2.18. The molecule has 0 saturated heterocycles. The first kappa shape index (κ1) is 17.8. The van der Waals surface area contributed by atoms with E-state index in [1.165, 1.54) is 0 Å². The summed E-state index contributed by atoms with van der Waals surface area (Å²) in [7, 11) is 0. The van der Waals surface area contributed by atoms with Gasteiger partial charge in [0.2, 0.25) is 13.6 Å². The van der Waals surface area contributed by atoms with E-state index in [0.29, 0.717) is 6.54 Å². The molecule has 0 bridgehead atoms. The predicted octanol–water partition coefficient (Wildman–Crippen LogP) is 3.16. The van der Waals surface area contributed by atoms with Crippen molar-refractivity contribution in [3.63, 3.8) is 0 Å². The van der Waals surface area contributed by atoms with E-state index in [4.69, 9.17) is 18.9 Å². The Balaban J connectivity index is 0.00000180. The van der Waals surface area contributed by atoms with Crippen molar-refractivity contribution in [1.82, 2.24) is 5.43 Å². The van der Waals surface area contributed by atoms with Crippen molar-refractivity contribution in [2.75, 3.05) is 19.3 Å². The van der Waals surface area contributed by atoms with Crippen LogP contribution in [0.1, 0.15) is 11.1 Å². The largest absolute Gasteiger partial charge is 0.454 e. The molecule has 2 aromatic rings. The lowest BCUT2D eigenvalue weighted by molar-refractivity contribution is 0.173. The zero-order valence-electron chi connectivity index (χ0n) is 14.1. The Labute approximate surface area is 166 Å². The van der Waals surface area contributed by atoms with E-state index in [2.05, 4.69) is 15.5 Å². The van der Waals surface area contributed by atoms with Crippen LogP contribution in [0.25, 0.3) is 0 Å². The molecule has 9 heteroatoms. The fraction of sp³-hybridized carbons (Fsp3) is 0.222. The van der Waals surface area contributed by atoms with Crippen LogP contribution in [0, 0.1) is 0 Å². The highest BCUT2D eigenvalue weighted by atomic mass is 35.5. The SMILES string of the molecule is Cl.c1cc2c(cc1CN=C1NN=C(c3ccc4c(c3)OCO4)CS1)OCO2. The van der Waals surface area contributed by atoms with E-state index >= 15 is 0 Å². The number of benzene rings is 2. The van der Waals surface area contributed by atoms with Crippen molar-refractivity contribution in [2.24, 2.45) is 10.1 Å². The van der Waals surface area contributed by atoms with Crippen molar-refractivity contribution < 1.29 is 18.9 Å². The Bertz CT molecular complexity index is 935. The van der Waals surface area contributed by atoms with Gasteiger partial charge >= 0.3 is 0 Å². The molecule has 7 nitrogen and oxygen atoms in total. The van der Waals surface area contributed by atoms with E-state index in [-0.39, 0.29) is 26.0 Å². The molecule has 1 N–H and O–H groups in total. The Kier molecular flexibility index (Phi) is 5.00. The number of ether oxygens (including phenoxy) is 4. The number of hydrogen-bond acceptors (Lipinski definition) is 7. The Morgan fingerprint density at radius 2 is 1.63 bits per heavy atom. The third-order valence-electron chi connectivity index (χ3n) is 4.18. The number of fused-ring (bicyclic) bond motifs is 2. The van der Waals surface area contributed by atoms with Gasteiger partial charge in [-0.05, 0) is 35.9 Å². The van der Waals surface area contributed by atoms with Crippen LogP contribution in [0.2, 0.25) is 0 Å². The summed E-state index contributed by atoms with van der Waals surface area (Å²) in [5.74, 6) is 3.83. The predicted molar refractivity (Wildman–Crippen MR) is 106 cm³/mol. The van der Waals surface area contributed by atoms with Gasteiger partial charge in [-0.3, -0.25) is 10.4 Å². The van der Waals surface area contributed by atoms with Gasteiger partial charge in [-0.15, -0.1) is 12.4 Å². The molecule has 0 aromatic heterocycles. The van der Waals surface area contributed by atoms with Crippen LogP contribution in [-0.4, -0.2) is 30.2 Å². The molecule has 0 unspecified atom stereocenters. The third-order valence-corrected chi connectivity index (χ3v) is 5.09. The molecular weight excluding hydrogens is 390 g/mol. The van der Waals surface area contributed by atoms with Crippen LogP contribution < -0.4 is 24.4 Å². The normalized spacial score (nSPS) is 17.9. The first-order chi connectivity index (χ1) is 12.8. The second kappa shape index (κ2) is 7.58. The standard InChI is InChI=1S/C18H15N3O4S.ClH/c1-3-14-16(24-9-22-14)5-11(1)7-19-18-21-20-13(8-26-18)12-2-4-15-17(6-12)25-10-23-15;/h1-6H,7-10H2,(H,19,21);1H.